The number of methoxy groups -OCH3 is 2. The van der Waals surface area contributed by atoms with Crippen LogP contribution in [0.2, 0.25) is 0 Å². The topological polar surface area (TPSA) is 71.3 Å². The first-order valence-electron chi connectivity index (χ1n) is 6.97. The molecule has 1 aliphatic heterocycles. The van der Waals surface area contributed by atoms with E-state index in [1.807, 2.05) is 31.2 Å². The number of allylic oxidation sites excluding steroid dienone is 2. The number of esters is 1. The third-order valence-electron chi connectivity index (χ3n) is 3.68. The van der Waals surface area contributed by atoms with Crippen molar-refractivity contribution >= 4 is 21.9 Å². The van der Waals surface area contributed by atoms with Gasteiger partial charge in [0.25, 0.3) is 0 Å². The monoisotopic (exact) mass is 376 g/mol. The Kier molecular flexibility index (Phi) is 5.59. The molecule has 0 saturated carbocycles. The lowest BCUT2D eigenvalue weighted by atomic mass is 9.81. The highest BCUT2D eigenvalue weighted by molar-refractivity contribution is 9.10. The number of carbonyl (C=O) groups excluding carboxylic acids is 1. The summed E-state index contributed by atoms with van der Waals surface area (Å²) in [4.78, 5) is 12.4. The summed E-state index contributed by atoms with van der Waals surface area (Å²) in [6.07, 6.45) is 0. The van der Waals surface area contributed by atoms with Crippen molar-refractivity contribution in [2.45, 2.75) is 12.8 Å². The maximum absolute atomic E-state index is 12.4. The van der Waals surface area contributed by atoms with Crippen molar-refractivity contribution in [1.29, 1.82) is 5.26 Å². The van der Waals surface area contributed by atoms with E-state index in [1.165, 1.54) is 7.11 Å². The molecule has 5 nitrogen and oxygen atoms in total. The fourth-order valence-corrected chi connectivity index (χ4v) is 3.19. The van der Waals surface area contributed by atoms with Crippen LogP contribution in [0.5, 0.6) is 0 Å². The van der Waals surface area contributed by atoms with Crippen LogP contribution in [0.15, 0.2) is 51.3 Å². The minimum absolute atomic E-state index is 0.224. The first-order valence-corrected chi connectivity index (χ1v) is 7.77. The van der Waals surface area contributed by atoms with Crippen molar-refractivity contribution in [1.82, 2.24) is 5.32 Å². The van der Waals surface area contributed by atoms with E-state index < -0.39 is 11.9 Å². The first-order chi connectivity index (χ1) is 11.0. The highest BCUT2D eigenvalue weighted by Crippen LogP contribution is 2.40. The normalized spacial score (nSPS) is 17.6. The molecule has 0 amide bonds. The van der Waals surface area contributed by atoms with Crippen molar-refractivity contribution in [3.8, 4) is 6.07 Å². The Hall–Kier alpha value is -2.10. The van der Waals surface area contributed by atoms with E-state index in [9.17, 15) is 10.1 Å². The molecule has 120 valence electrons. The molecule has 1 unspecified atom stereocenters. The van der Waals surface area contributed by atoms with Crippen LogP contribution in [0.4, 0.5) is 0 Å². The second-order valence-corrected chi connectivity index (χ2v) is 5.90. The van der Waals surface area contributed by atoms with E-state index in [-0.39, 0.29) is 6.61 Å². The number of ether oxygens (including phenoxy) is 2. The van der Waals surface area contributed by atoms with Gasteiger partial charge in [-0.3, -0.25) is 0 Å². The molecule has 6 heteroatoms. The predicted octanol–water partition coefficient (Wildman–Crippen LogP) is 3.01. The van der Waals surface area contributed by atoms with Gasteiger partial charge in [-0.1, -0.05) is 34.1 Å². The number of nitriles is 1. The molecule has 0 aliphatic carbocycles. The molecule has 0 spiro atoms. The first kappa shape index (κ1) is 17.3. The van der Waals surface area contributed by atoms with Gasteiger partial charge in [-0.15, -0.1) is 0 Å². The highest BCUT2D eigenvalue weighted by atomic mass is 79.9. The van der Waals surface area contributed by atoms with Crippen LogP contribution < -0.4 is 5.32 Å². The van der Waals surface area contributed by atoms with E-state index in [2.05, 4.69) is 27.3 Å². The summed E-state index contributed by atoms with van der Waals surface area (Å²) in [5, 5.41) is 12.7. The summed E-state index contributed by atoms with van der Waals surface area (Å²) >= 11 is 3.51. The molecule has 1 aromatic rings. The number of hydrogen-bond donors (Lipinski definition) is 1. The van der Waals surface area contributed by atoms with Gasteiger partial charge in [-0.2, -0.15) is 5.26 Å². The number of halogens is 1. The molecule has 1 atom stereocenters. The molecule has 1 aliphatic rings. The number of hydrogen-bond acceptors (Lipinski definition) is 5. The maximum Gasteiger partial charge on any atom is 0.336 e. The summed E-state index contributed by atoms with van der Waals surface area (Å²) in [5.41, 5.74) is 3.02. The van der Waals surface area contributed by atoms with Gasteiger partial charge >= 0.3 is 5.97 Å². The zero-order valence-electron chi connectivity index (χ0n) is 13.1. The van der Waals surface area contributed by atoms with Gasteiger partial charge in [0.2, 0.25) is 0 Å². The quantitative estimate of drug-likeness (QED) is 0.817. The molecular formula is C17H17BrN2O3. The summed E-state index contributed by atoms with van der Waals surface area (Å²) in [7, 11) is 2.88. The van der Waals surface area contributed by atoms with Gasteiger partial charge in [0.1, 0.15) is 0 Å². The zero-order chi connectivity index (χ0) is 17.0. The van der Waals surface area contributed by atoms with E-state index in [4.69, 9.17) is 9.47 Å². The van der Waals surface area contributed by atoms with Crippen LogP contribution >= 0.6 is 15.9 Å². The Morgan fingerprint density at radius 1 is 1.39 bits per heavy atom. The molecule has 0 fully saturated rings. The van der Waals surface area contributed by atoms with Crippen molar-refractivity contribution in [3.63, 3.8) is 0 Å². The lowest BCUT2D eigenvalue weighted by molar-refractivity contribution is -0.136. The second-order valence-electron chi connectivity index (χ2n) is 5.05. The van der Waals surface area contributed by atoms with Crippen LogP contribution in [0, 0.1) is 11.3 Å². The van der Waals surface area contributed by atoms with Crippen molar-refractivity contribution in [2.75, 3.05) is 20.8 Å². The van der Waals surface area contributed by atoms with Gasteiger partial charge in [0.15, 0.2) is 0 Å². The molecule has 0 radical (unpaired) electrons. The van der Waals surface area contributed by atoms with Crippen molar-refractivity contribution < 1.29 is 14.3 Å². The Morgan fingerprint density at radius 3 is 2.65 bits per heavy atom. The van der Waals surface area contributed by atoms with E-state index in [1.54, 1.807) is 7.11 Å². The van der Waals surface area contributed by atoms with Crippen molar-refractivity contribution in [2.24, 2.45) is 0 Å². The second kappa shape index (κ2) is 7.44. The average Bonchev–Trinajstić information content (AvgIpc) is 2.54. The number of dihydropyridines is 1. The van der Waals surface area contributed by atoms with E-state index in [0.29, 0.717) is 22.5 Å². The van der Waals surface area contributed by atoms with Crippen molar-refractivity contribution in [3.05, 3.63) is 56.8 Å². The Labute approximate surface area is 143 Å². The third kappa shape index (κ3) is 3.31. The van der Waals surface area contributed by atoms with Crippen LogP contribution in [-0.2, 0) is 14.3 Å². The lowest BCUT2D eigenvalue weighted by Gasteiger charge is -2.29. The summed E-state index contributed by atoms with van der Waals surface area (Å²) < 4.78 is 11.0. The van der Waals surface area contributed by atoms with E-state index >= 15 is 0 Å². The fraction of sp³-hybridized carbons (Fsp3) is 0.294. The smallest absolute Gasteiger partial charge is 0.336 e. The minimum atomic E-state index is -0.505. The molecule has 1 aromatic carbocycles. The van der Waals surface area contributed by atoms with Gasteiger partial charge in [-0.25, -0.2) is 4.79 Å². The summed E-state index contributed by atoms with van der Waals surface area (Å²) in [5.74, 6) is -0.986. The molecular weight excluding hydrogens is 360 g/mol. The van der Waals surface area contributed by atoms with Gasteiger partial charge in [-0.05, 0) is 18.6 Å². The van der Waals surface area contributed by atoms with E-state index in [0.717, 1.165) is 10.0 Å². The van der Waals surface area contributed by atoms with Gasteiger partial charge < -0.3 is 14.8 Å². The van der Waals surface area contributed by atoms with Gasteiger partial charge in [0.05, 0.1) is 42.5 Å². The largest absolute Gasteiger partial charge is 0.466 e. The Morgan fingerprint density at radius 2 is 2.09 bits per heavy atom. The average molecular weight is 377 g/mol. The Bertz CT molecular complexity index is 732. The van der Waals surface area contributed by atoms with Crippen LogP contribution in [0.3, 0.4) is 0 Å². The fourth-order valence-electron chi connectivity index (χ4n) is 2.67. The molecule has 0 saturated heterocycles. The Balaban J connectivity index is 2.72. The molecule has 23 heavy (non-hydrogen) atoms. The lowest BCUT2D eigenvalue weighted by Crippen LogP contribution is -2.31. The standard InChI is InChI=1S/C17H17BrN2O3/c1-10-12(8-19)15(11-6-4-5-7-13(11)18)16(17(21)23-3)14(20-10)9-22-2/h4-7,15,20H,9H2,1-3H3. The van der Waals surface area contributed by atoms with Crippen LogP contribution in [0.25, 0.3) is 0 Å². The summed E-state index contributed by atoms with van der Waals surface area (Å²) in [6, 6.07) is 9.74. The molecule has 0 aromatic heterocycles. The minimum Gasteiger partial charge on any atom is -0.466 e. The highest BCUT2D eigenvalue weighted by Gasteiger charge is 2.35. The maximum atomic E-state index is 12.4. The SMILES string of the molecule is COCC1=C(C(=O)OC)C(c2ccccc2Br)C(C#N)=C(C)N1. The zero-order valence-corrected chi connectivity index (χ0v) is 14.7. The molecule has 1 heterocycles. The number of nitrogens with one attached hydrogen (secondary N) is 1. The predicted molar refractivity (Wildman–Crippen MR) is 89.2 cm³/mol. The molecule has 1 N–H and O–H groups in total. The number of carbonyl (C=O) groups is 1. The van der Waals surface area contributed by atoms with Crippen LogP contribution in [-0.4, -0.2) is 26.8 Å². The van der Waals surface area contributed by atoms with Crippen LogP contribution in [0.1, 0.15) is 18.4 Å². The molecule has 2 rings (SSSR count). The summed E-state index contributed by atoms with van der Waals surface area (Å²) in [6.45, 7) is 2.04. The number of benzene rings is 1. The number of rotatable bonds is 4. The number of nitrogens with zero attached hydrogens (tertiary/aromatic N) is 1. The molecule has 0 bridgehead atoms. The third-order valence-corrected chi connectivity index (χ3v) is 4.40. The van der Waals surface area contributed by atoms with Gasteiger partial charge in [0, 0.05) is 17.3 Å².